The number of halogens is 3. The van der Waals surface area contributed by atoms with Gasteiger partial charge in [0.2, 0.25) is 0 Å². The standard InChI is InChI=1S/C17H14BrF2NO3/c1-24-17(23)14(9-10-5-2-3-7-12(10)18)21-16(22)11-6-4-8-13(19)15(11)20/h2-8,14H,9H2,1H3,(H,21,22)/t14-/m1/s1. The summed E-state index contributed by atoms with van der Waals surface area (Å²) in [4.78, 5) is 24.1. The summed E-state index contributed by atoms with van der Waals surface area (Å²) in [5, 5.41) is 2.39. The van der Waals surface area contributed by atoms with Crippen LogP contribution in [-0.2, 0) is 16.0 Å². The average molecular weight is 398 g/mol. The highest BCUT2D eigenvalue weighted by Gasteiger charge is 2.25. The van der Waals surface area contributed by atoms with Gasteiger partial charge in [0, 0.05) is 10.9 Å². The second kappa shape index (κ2) is 8.01. The van der Waals surface area contributed by atoms with E-state index >= 15 is 0 Å². The van der Waals surface area contributed by atoms with E-state index in [0.29, 0.717) is 0 Å². The van der Waals surface area contributed by atoms with Crippen LogP contribution in [0.1, 0.15) is 15.9 Å². The fourth-order valence-electron chi connectivity index (χ4n) is 2.13. The van der Waals surface area contributed by atoms with Gasteiger partial charge < -0.3 is 10.1 Å². The van der Waals surface area contributed by atoms with Crippen LogP contribution < -0.4 is 5.32 Å². The number of benzene rings is 2. The molecule has 0 spiro atoms. The zero-order valence-electron chi connectivity index (χ0n) is 12.7. The number of hydrogen-bond donors (Lipinski definition) is 1. The van der Waals surface area contributed by atoms with Gasteiger partial charge in [0.1, 0.15) is 6.04 Å². The van der Waals surface area contributed by atoms with E-state index in [0.717, 1.165) is 22.2 Å². The Labute approximate surface area is 145 Å². The van der Waals surface area contributed by atoms with Gasteiger partial charge in [-0.3, -0.25) is 4.79 Å². The monoisotopic (exact) mass is 397 g/mol. The molecule has 0 bridgehead atoms. The molecule has 0 aliphatic rings. The van der Waals surface area contributed by atoms with Crippen LogP contribution >= 0.6 is 15.9 Å². The first kappa shape index (κ1) is 18.1. The van der Waals surface area contributed by atoms with E-state index in [-0.39, 0.29) is 6.42 Å². The molecule has 1 atom stereocenters. The number of carbonyl (C=O) groups is 2. The molecule has 0 saturated carbocycles. The van der Waals surface area contributed by atoms with Gasteiger partial charge in [-0.25, -0.2) is 13.6 Å². The van der Waals surface area contributed by atoms with E-state index in [4.69, 9.17) is 0 Å². The van der Waals surface area contributed by atoms with Gasteiger partial charge in [-0.1, -0.05) is 40.2 Å². The molecule has 126 valence electrons. The van der Waals surface area contributed by atoms with Crippen LogP contribution in [0, 0.1) is 11.6 Å². The van der Waals surface area contributed by atoms with Crippen molar-refractivity contribution in [2.45, 2.75) is 12.5 Å². The third-order valence-electron chi connectivity index (χ3n) is 3.37. The van der Waals surface area contributed by atoms with Crippen molar-refractivity contribution in [3.63, 3.8) is 0 Å². The zero-order chi connectivity index (χ0) is 17.7. The van der Waals surface area contributed by atoms with E-state index in [1.165, 1.54) is 13.2 Å². The molecule has 2 aromatic rings. The van der Waals surface area contributed by atoms with Crippen LogP contribution in [0.25, 0.3) is 0 Å². The zero-order valence-corrected chi connectivity index (χ0v) is 14.3. The molecule has 1 N–H and O–H groups in total. The smallest absolute Gasteiger partial charge is 0.328 e. The largest absolute Gasteiger partial charge is 0.467 e. The summed E-state index contributed by atoms with van der Waals surface area (Å²) in [7, 11) is 1.18. The Bertz CT molecular complexity index is 767. The molecule has 0 unspecified atom stereocenters. The van der Waals surface area contributed by atoms with Crippen molar-refractivity contribution in [3.05, 3.63) is 69.7 Å². The highest BCUT2D eigenvalue weighted by molar-refractivity contribution is 9.10. The van der Waals surface area contributed by atoms with Crippen LogP contribution in [0.15, 0.2) is 46.9 Å². The van der Waals surface area contributed by atoms with Crippen LogP contribution in [0.4, 0.5) is 8.78 Å². The van der Waals surface area contributed by atoms with Crippen molar-refractivity contribution in [1.82, 2.24) is 5.32 Å². The highest BCUT2D eigenvalue weighted by Crippen LogP contribution is 2.18. The minimum atomic E-state index is -1.26. The highest BCUT2D eigenvalue weighted by atomic mass is 79.9. The fourth-order valence-corrected chi connectivity index (χ4v) is 2.58. The molecule has 0 fully saturated rings. The van der Waals surface area contributed by atoms with Gasteiger partial charge in [0.05, 0.1) is 12.7 Å². The third kappa shape index (κ3) is 4.17. The Hall–Kier alpha value is -2.28. The molecule has 1 amide bonds. The maximum absolute atomic E-state index is 13.7. The van der Waals surface area contributed by atoms with Gasteiger partial charge in [0.15, 0.2) is 11.6 Å². The van der Waals surface area contributed by atoms with Gasteiger partial charge in [-0.15, -0.1) is 0 Å². The predicted octanol–water partition coefficient (Wildman–Crippen LogP) is 3.24. The lowest BCUT2D eigenvalue weighted by molar-refractivity contribution is -0.142. The molecule has 0 aliphatic heterocycles. The Morgan fingerprint density at radius 3 is 2.54 bits per heavy atom. The molecule has 24 heavy (non-hydrogen) atoms. The average Bonchev–Trinajstić information content (AvgIpc) is 2.57. The van der Waals surface area contributed by atoms with Crippen LogP contribution in [0.2, 0.25) is 0 Å². The summed E-state index contributed by atoms with van der Waals surface area (Å²) in [6.07, 6.45) is 0.136. The van der Waals surface area contributed by atoms with E-state index in [2.05, 4.69) is 26.0 Å². The van der Waals surface area contributed by atoms with E-state index < -0.39 is 35.1 Å². The second-order valence-electron chi connectivity index (χ2n) is 4.95. The Morgan fingerprint density at radius 2 is 1.88 bits per heavy atom. The van der Waals surface area contributed by atoms with Gasteiger partial charge >= 0.3 is 5.97 Å². The molecule has 2 rings (SSSR count). The van der Waals surface area contributed by atoms with Gasteiger partial charge in [-0.05, 0) is 23.8 Å². The topological polar surface area (TPSA) is 55.4 Å². The molecule has 2 aromatic carbocycles. The lowest BCUT2D eigenvalue weighted by atomic mass is 10.1. The number of hydrogen-bond acceptors (Lipinski definition) is 3. The van der Waals surface area contributed by atoms with Crippen LogP contribution in [0.3, 0.4) is 0 Å². The molecule has 7 heteroatoms. The first-order valence-corrected chi connectivity index (χ1v) is 7.79. The van der Waals surface area contributed by atoms with E-state index in [1.807, 2.05) is 0 Å². The van der Waals surface area contributed by atoms with E-state index in [9.17, 15) is 18.4 Å². The Balaban J connectivity index is 2.23. The molecular formula is C17H14BrF2NO3. The molecule has 0 saturated heterocycles. The van der Waals surface area contributed by atoms with Crippen molar-refractivity contribution in [2.75, 3.05) is 7.11 Å². The van der Waals surface area contributed by atoms with E-state index in [1.54, 1.807) is 24.3 Å². The number of nitrogens with one attached hydrogen (secondary N) is 1. The summed E-state index contributed by atoms with van der Waals surface area (Å²) < 4.78 is 32.4. The van der Waals surface area contributed by atoms with Crippen molar-refractivity contribution < 1.29 is 23.1 Å². The number of rotatable bonds is 5. The Morgan fingerprint density at radius 1 is 1.17 bits per heavy atom. The van der Waals surface area contributed by atoms with Crippen molar-refractivity contribution in [1.29, 1.82) is 0 Å². The van der Waals surface area contributed by atoms with Gasteiger partial charge in [-0.2, -0.15) is 0 Å². The third-order valence-corrected chi connectivity index (χ3v) is 4.14. The number of amides is 1. The molecule has 0 aliphatic carbocycles. The maximum Gasteiger partial charge on any atom is 0.328 e. The molecule has 0 heterocycles. The lowest BCUT2D eigenvalue weighted by Crippen LogP contribution is -2.43. The molecular weight excluding hydrogens is 384 g/mol. The van der Waals surface area contributed by atoms with Crippen molar-refractivity contribution >= 4 is 27.8 Å². The van der Waals surface area contributed by atoms with Crippen molar-refractivity contribution in [2.24, 2.45) is 0 Å². The molecule has 4 nitrogen and oxygen atoms in total. The SMILES string of the molecule is COC(=O)[C@@H](Cc1ccccc1Br)NC(=O)c1cccc(F)c1F. The quantitative estimate of drug-likeness (QED) is 0.787. The minimum absolute atomic E-state index is 0.136. The summed E-state index contributed by atoms with van der Waals surface area (Å²) in [6.45, 7) is 0. The molecule has 0 aromatic heterocycles. The Kier molecular flexibility index (Phi) is 6.03. The normalized spacial score (nSPS) is 11.7. The summed E-state index contributed by atoms with van der Waals surface area (Å²) in [6, 6.07) is 9.37. The predicted molar refractivity (Wildman–Crippen MR) is 87.5 cm³/mol. The summed E-state index contributed by atoms with van der Waals surface area (Å²) >= 11 is 3.35. The summed E-state index contributed by atoms with van der Waals surface area (Å²) in [5.74, 6) is -3.98. The van der Waals surface area contributed by atoms with Gasteiger partial charge in [0.25, 0.3) is 5.91 Å². The van der Waals surface area contributed by atoms with Crippen LogP contribution in [0.5, 0.6) is 0 Å². The lowest BCUT2D eigenvalue weighted by Gasteiger charge is -2.17. The number of esters is 1. The minimum Gasteiger partial charge on any atom is -0.467 e. The van der Waals surface area contributed by atoms with Crippen molar-refractivity contribution in [3.8, 4) is 0 Å². The first-order chi connectivity index (χ1) is 11.4. The van der Waals surface area contributed by atoms with Crippen LogP contribution in [-0.4, -0.2) is 25.0 Å². The second-order valence-corrected chi connectivity index (χ2v) is 5.80. The summed E-state index contributed by atoms with van der Waals surface area (Å²) in [5.41, 5.74) is 0.281. The number of ether oxygens (including phenoxy) is 1. The fraction of sp³-hybridized carbons (Fsp3) is 0.176. The molecule has 0 radical (unpaired) electrons. The number of methoxy groups -OCH3 is 1. The maximum atomic E-state index is 13.7. The first-order valence-electron chi connectivity index (χ1n) is 7.00. The number of carbonyl (C=O) groups excluding carboxylic acids is 2.